The van der Waals surface area contributed by atoms with Crippen LogP contribution >= 0.6 is 0 Å². The van der Waals surface area contributed by atoms with E-state index in [2.05, 4.69) is 66.8 Å². The maximum absolute atomic E-state index is 13.5. The number of unbranched alkanes of at least 4 members (excludes halogenated alkanes) is 4. The molecule has 8 N–H and O–H groups in total. The molecule has 42 heteroatoms. The molecule has 0 fully saturated rings. The predicted octanol–water partition coefficient (Wildman–Crippen LogP) is 11.0. The lowest BCUT2D eigenvalue weighted by Crippen LogP contribution is -2.41. The van der Waals surface area contributed by atoms with Crippen molar-refractivity contribution < 1.29 is 162 Å². The molecule has 0 spiro atoms. The van der Waals surface area contributed by atoms with Gasteiger partial charge in [-0.05, 0) is 189 Å². The second-order valence-corrected chi connectivity index (χ2v) is 39.9. The fourth-order valence-electron chi connectivity index (χ4n) is 14.7. The minimum absolute atomic E-state index is 0.00505. The number of esters is 1. The van der Waals surface area contributed by atoms with Gasteiger partial charge in [0, 0.05) is 122 Å². The molecular weight excluding hydrogens is 1950 g/mol. The Balaban J connectivity index is 1.23. The highest BCUT2D eigenvalue weighted by atomic mass is 16.6. The lowest BCUT2D eigenvalue weighted by molar-refractivity contribution is -0.144. The number of carbonyl (C=O) groups excluding carboxylic acids is 13. The molecule has 1 aliphatic carbocycles. The van der Waals surface area contributed by atoms with E-state index in [1.807, 2.05) is 24.3 Å². The van der Waals surface area contributed by atoms with Gasteiger partial charge in [-0.3, -0.25) is 43.2 Å². The Morgan fingerprint density at radius 1 is 0.273 bits per heavy atom. The highest BCUT2D eigenvalue weighted by Gasteiger charge is 2.31. The molecule has 0 aliphatic heterocycles. The molecular formula is C108H182N8O34. The van der Waals surface area contributed by atoms with Gasteiger partial charge in [0.2, 0.25) is 23.6 Å². The Hall–Kier alpha value is -9.09. The van der Waals surface area contributed by atoms with Crippen LogP contribution in [0, 0.1) is 11.8 Å². The summed E-state index contributed by atoms with van der Waals surface area (Å²) in [7, 11) is 0. The topological polar surface area (TPSA) is 512 Å². The van der Waals surface area contributed by atoms with Gasteiger partial charge in [0.05, 0.1) is 210 Å². The maximum atomic E-state index is 13.5. The van der Waals surface area contributed by atoms with Crippen LogP contribution in [0.5, 0.6) is 0 Å². The molecule has 858 valence electrons. The molecule has 1 aliphatic rings. The number of fused-ring (bicyclic) bond motifs is 3. The van der Waals surface area contributed by atoms with Crippen LogP contribution in [-0.4, -0.2) is 369 Å². The van der Waals surface area contributed by atoms with E-state index < -0.39 is 70.7 Å². The number of ketones is 4. The monoisotopic (exact) mass is 2140 g/mol. The van der Waals surface area contributed by atoms with Crippen molar-refractivity contribution in [1.82, 2.24) is 42.5 Å². The van der Waals surface area contributed by atoms with Gasteiger partial charge < -0.3 is 142 Å². The second kappa shape index (κ2) is 84.3. The van der Waals surface area contributed by atoms with E-state index in [9.17, 15) is 62.3 Å². The zero-order chi connectivity index (χ0) is 110. The number of ether oxygens (including phenoxy) is 21. The van der Waals surface area contributed by atoms with Crippen LogP contribution in [-0.2, 0) is 143 Å². The Morgan fingerprint density at radius 2 is 0.540 bits per heavy atom. The summed E-state index contributed by atoms with van der Waals surface area (Å²) in [5.41, 5.74) is 2.16. The van der Waals surface area contributed by atoms with Gasteiger partial charge >= 0.3 is 30.3 Å². The van der Waals surface area contributed by atoms with E-state index >= 15 is 0 Å². The van der Waals surface area contributed by atoms with Crippen LogP contribution in [0.1, 0.15) is 248 Å². The third-order valence-corrected chi connectivity index (χ3v) is 22.0. The van der Waals surface area contributed by atoms with E-state index in [0.29, 0.717) is 176 Å². The number of Topliss-reactive ketones (excluding diaryl/α,β-unsaturated/α-hetero) is 4. The first kappa shape index (κ1) is 135. The van der Waals surface area contributed by atoms with Crippen molar-refractivity contribution in [3.05, 3.63) is 59.7 Å². The lowest BCUT2D eigenvalue weighted by atomic mass is 9.94. The molecule has 4 unspecified atom stereocenters. The first-order valence-corrected chi connectivity index (χ1v) is 53.5. The van der Waals surface area contributed by atoms with E-state index in [4.69, 9.17) is 99.5 Å². The lowest BCUT2D eigenvalue weighted by Gasteiger charge is -2.20. The van der Waals surface area contributed by atoms with Crippen molar-refractivity contribution in [3.63, 3.8) is 0 Å². The number of nitrogens with one attached hydrogen (secondary N) is 8. The van der Waals surface area contributed by atoms with Crippen LogP contribution in [0.2, 0.25) is 0 Å². The summed E-state index contributed by atoms with van der Waals surface area (Å²) in [5.74, 6) is -3.24. The largest absolute Gasteiger partial charge is 0.465 e. The molecule has 8 amide bonds. The first-order valence-electron chi connectivity index (χ1n) is 53.5. The number of benzene rings is 2. The molecule has 42 nitrogen and oxygen atoms in total. The Labute approximate surface area is 888 Å². The molecule has 0 aromatic heterocycles. The smallest absolute Gasteiger partial charge is 0.407 e. The van der Waals surface area contributed by atoms with Crippen molar-refractivity contribution >= 4 is 77.1 Å². The third kappa shape index (κ3) is 76.4. The summed E-state index contributed by atoms with van der Waals surface area (Å²) in [6, 6.07) is 15.1. The molecule has 0 heterocycles. The average molecular weight is 2140 g/mol. The first-order chi connectivity index (χ1) is 71.9. The van der Waals surface area contributed by atoms with Crippen molar-refractivity contribution in [2.45, 2.75) is 272 Å². The van der Waals surface area contributed by atoms with Gasteiger partial charge in [-0.1, -0.05) is 61.4 Å². The van der Waals surface area contributed by atoms with Gasteiger partial charge in [0.15, 0.2) is 11.6 Å². The quantitative estimate of drug-likeness (QED) is 0.0173. The minimum Gasteiger partial charge on any atom is -0.465 e. The van der Waals surface area contributed by atoms with Crippen LogP contribution < -0.4 is 42.5 Å². The van der Waals surface area contributed by atoms with Crippen LogP contribution in [0.25, 0.3) is 11.1 Å². The van der Waals surface area contributed by atoms with Crippen LogP contribution in [0.3, 0.4) is 0 Å². The molecule has 0 radical (unpaired) electrons. The SMILES string of the molecule is CC(=O)C(CCCCNC(=O)OC(C)(C)C)NC(=O)CCOCCOCCOCCOCCNC(=O)C(CCCCNC(=O)OC(C)(C)C)CC(=O)CCOCCOCCOCCOCCCC(=O)C(CCCCNC(=O)OC(C)(C)C)NC(=O)CCOCCOCCOCCOCCNC(=O)C(CCCCNC(=O)OC(C)(C)C)CC(=O)CCOCCOCCOCCOCCCC(=O)OCC1c2ccccc2-c2ccccc21. The van der Waals surface area contributed by atoms with Gasteiger partial charge in [0.1, 0.15) is 40.6 Å². The summed E-state index contributed by atoms with van der Waals surface area (Å²) in [5, 5.41) is 22.3. The molecule has 150 heavy (non-hydrogen) atoms. The van der Waals surface area contributed by atoms with Crippen molar-refractivity contribution in [2.24, 2.45) is 11.8 Å². The zero-order valence-electron chi connectivity index (χ0n) is 92.0. The van der Waals surface area contributed by atoms with Gasteiger partial charge in [-0.2, -0.15) is 0 Å². The number of alkyl carbamates (subject to hydrolysis) is 4. The molecule has 4 atom stereocenters. The number of carbonyl (C=O) groups is 13. The Bertz CT molecular complexity index is 3980. The van der Waals surface area contributed by atoms with E-state index in [-0.39, 0.29) is 282 Å². The van der Waals surface area contributed by atoms with Crippen molar-refractivity contribution in [3.8, 4) is 11.1 Å². The number of hydrogen-bond acceptors (Lipinski definition) is 34. The minimum atomic E-state index is -0.765. The third-order valence-electron chi connectivity index (χ3n) is 22.0. The van der Waals surface area contributed by atoms with Crippen LogP contribution in [0.15, 0.2) is 48.5 Å². The van der Waals surface area contributed by atoms with E-state index in [0.717, 1.165) is 0 Å². The molecule has 0 bridgehead atoms. The standard InChI is InChI=1S/C108H182N8O34/c1-83(117)93(34-20-24-44-113-103(128)149-107(8,9)10)115-96(121)40-52-134-60-68-142-76-78-144-70-62-136-54-46-109-99(124)84(28-18-22-42-111-101(126)147-105(2,3)4)80-86(118)38-50-132-58-66-140-74-72-138-64-56-130-48-26-36-95(120)94(35-21-25-45-114-104(129)150-108(11,12)13)116-97(122)41-53-135-61-69-143-77-79-145-71-63-137-55-47-110-100(125)85(29-19-23-43-112-102(127)148-106(5,6)7)81-87(119)39-51-133-59-67-141-75-73-139-65-57-131-49-27-37-98(123)146-82-92-90-32-16-14-30-88(90)89-31-15-17-33-91(89)92/h14-17,30-33,84-85,92-94H,18-29,34-82H2,1-13H3,(H,109,124)(H,110,125)(H,111,126)(H,112,127)(H,113,128)(H,114,129)(H,115,121)(H,116,122). The number of amides is 8. The normalized spacial score (nSPS) is 12.8. The summed E-state index contributed by atoms with van der Waals surface area (Å²) in [6.45, 7) is 33.4. The molecule has 0 saturated heterocycles. The summed E-state index contributed by atoms with van der Waals surface area (Å²) in [6.07, 6.45) is 5.78. The summed E-state index contributed by atoms with van der Waals surface area (Å²) < 4.78 is 117. The molecule has 0 saturated carbocycles. The number of rotatable bonds is 94. The van der Waals surface area contributed by atoms with Gasteiger partial charge in [-0.15, -0.1) is 0 Å². The van der Waals surface area contributed by atoms with Crippen molar-refractivity contribution in [2.75, 3.05) is 257 Å². The van der Waals surface area contributed by atoms with E-state index in [1.54, 1.807) is 83.1 Å². The predicted molar refractivity (Wildman–Crippen MR) is 559 cm³/mol. The van der Waals surface area contributed by atoms with E-state index in [1.165, 1.54) is 29.2 Å². The van der Waals surface area contributed by atoms with Crippen LogP contribution in [0.4, 0.5) is 19.2 Å². The average Bonchev–Trinajstić information content (AvgIpc) is 1.61. The molecule has 2 aromatic carbocycles. The second-order valence-electron chi connectivity index (χ2n) is 39.9. The van der Waals surface area contributed by atoms with Crippen molar-refractivity contribution in [1.29, 1.82) is 0 Å². The number of hydrogen-bond donors (Lipinski definition) is 8. The van der Waals surface area contributed by atoms with Gasteiger partial charge in [0.25, 0.3) is 0 Å². The maximum Gasteiger partial charge on any atom is 0.407 e. The fraction of sp³-hybridized carbons (Fsp3) is 0.769. The highest BCUT2D eigenvalue weighted by Crippen LogP contribution is 2.44. The Morgan fingerprint density at radius 3 is 0.853 bits per heavy atom. The Kier molecular flexibility index (Phi) is 75.9. The zero-order valence-corrected chi connectivity index (χ0v) is 92.0. The molecule has 2 aromatic rings. The highest BCUT2D eigenvalue weighted by molar-refractivity contribution is 5.90. The summed E-state index contributed by atoms with van der Waals surface area (Å²) >= 11 is 0. The fourth-order valence-corrected chi connectivity index (χ4v) is 14.7. The molecule has 3 rings (SSSR count). The van der Waals surface area contributed by atoms with Gasteiger partial charge in [-0.25, -0.2) is 19.2 Å². The summed E-state index contributed by atoms with van der Waals surface area (Å²) in [4.78, 5) is 166.